The summed E-state index contributed by atoms with van der Waals surface area (Å²) in [5, 5.41) is 1.21. The molecule has 4 aromatic rings. The summed E-state index contributed by atoms with van der Waals surface area (Å²) in [6.07, 6.45) is 0. The summed E-state index contributed by atoms with van der Waals surface area (Å²) in [5.74, 6) is 0.574. The van der Waals surface area contributed by atoms with E-state index < -0.39 is 5.97 Å². The van der Waals surface area contributed by atoms with Gasteiger partial charge in [0.05, 0.1) is 23.2 Å². The maximum atomic E-state index is 12.6. The first-order chi connectivity index (χ1) is 14.5. The van der Waals surface area contributed by atoms with Gasteiger partial charge in [-0.05, 0) is 50.2 Å². The van der Waals surface area contributed by atoms with Crippen LogP contribution in [0.5, 0.6) is 5.75 Å². The molecule has 0 saturated heterocycles. The minimum Gasteiger partial charge on any atom is -0.494 e. The van der Waals surface area contributed by atoms with Crippen molar-refractivity contribution >= 4 is 28.2 Å². The average Bonchev–Trinajstić information content (AvgIpc) is 3.14. The third kappa shape index (κ3) is 4.08. The highest BCUT2D eigenvalue weighted by atomic mass is 32.1. The molecular weight excluding hydrogens is 402 g/mol. The van der Waals surface area contributed by atoms with Gasteiger partial charge in [-0.25, -0.2) is 14.8 Å². The predicted octanol–water partition coefficient (Wildman–Crippen LogP) is 4.11. The number of para-hydroxylation sites is 1. The lowest BCUT2D eigenvalue weighted by atomic mass is 10.2. The van der Waals surface area contributed by atoms with E-state index in [0.29, 0.717) is 33.9 Å². The molecule has 0 amide bonds. The third-order valence-electron chi connectivity index (χ3n) is 4.40. The van der Waals surface area contributed by atoms with E-state index in [-0.39, 0.29) is 12.2 Å². The molecule has 2 aromatic carbocycles. The van der Waals surface area contributed by atoms with Crippen LogP contribution in [0.1, 0.15) is 28.1 Å². The van der Waals surface area contributed by atoms with Gasteiger partial charge in [-0.3, -0.25) is 4.79 Å². The fraction of sp³-hybridized carbons (Fsp3) is 0.182. The Morgan fingerprint density at radius 1 is 1.10 bits per heavy atom. The van der Waals surface area contributed by atoms with Gasteiger partial charge in [0.25, 0.3) is 5.56 Å². The van der Waals surface area contributed by atoms with E-state index in [9.17, 15) is 9.59 Å². The Bertz CT molecular complexity index is 1260. The van der Waals surface area contributed by atoms with E-state index in [0.717, 1.165) is 16.3 Å². The second-order valence-electron chi connectivity index (χ2n) is 6.50. The highest BCUT2D eigenvalue weighted by Gasteiger charge is 2.18. The monoisotopic (exact) mass is 421 g/mol. The van der Waals surface area contributed by atoms with Gasteiger partial charge >= 0.3 is 5.97 Å². The third-order valence-corrected chi connectivity index (χ3v) is 5.58. The number of nitrogens with zero attached hydrogens (tertiary/aromatic N) is 2. The molecule has 0 unspecified atom stereocenters. The molecule has 4 rings (SSSR count). The number of carbonyl (C=O) groups excluding carboxylic acids is 1. The van der Waals surface area contributed by atoms with Gasteiger partial charge in [-0.15, -0.1) is 11.3 Å². The van der Waals surface area contributed by atoms with Gasteiger partial charge in [0.2, 0.25) is 0 Å². The Kier molecular flexibility index (Phi) is 5.58. The summed E-state index contributed by atoms with van der Waals surface area (Å²) in [4.78, 5) is 36.6. The molecule has 152 valence electrons. The molecule has 8 heteroatoms. The van der Waals surface area contributed by atoms with Crippen LogP contribution in [0.4, 0.5) is 0 Å². The maximum Gasteiger partial charge on any atom is 0.350 e. The van der Waals surface area contributed by atoms with Gasteiger partial charge in [0.15, 0.2) is 0 Å². The first-order valence-corrected chi connectivity index (χ1v) is 10.2. The largest absolute Gasteiger partial charge is 0.494 e. The number of nitrogens with one attached hydrogen (secondary N) is 1. The van der Waals surface area contributed by atoms with E-state index in [1.807, 2.05) is 31.2 Å². The Morgan fingerprint density at radius 3 is 2.63 bits per heavy atom. The molecule has 0 atom stereocenters. The molecule has 0 saturated carbocycles. The molecule has 0 fully saturated rings. The zero-order valence-electron chi connectivity index (χ0n) is 16.5. The number of aryl methyl sites for hydroxylation is 1. The topological polar surface area (TPSA) is 94.2 Å². The number of benzene rings is 2. The van der Waals surface area contributed by atoms with E-state index in [1.54, 1.807) is 31.2 Å². The molecule has 0 aliphatic carbocycles. The molecule has 30 heavy (non-hydrogen) atoms. The lowest BCUT2D eigenvalue weighted by molar-refractivity contribution is 0.0467. The minimum absolute atomic E-state index is 0.130. The zero-order chi connectivity index (χ0) is 21.1. The van der Waals surface area contributed by atoms with Gasteiger partial charge < -0.3 is 14.5 Å². The SMILES string of the molecule is CCOc1ccc(-c2nc(C)c(C(=O)OCc3nc4ccccc4c(=O)[nH]3)s2)cc1. The Hall–Kier alpha value is -3.52. The number of aromatic amines is 1. The fourth-order valence-electron chi connectivity index (χ4n) is 2.97. The van der Waals surface area contributed by atoms with Gasteiger partial charge in [0.1, 0.15) is 28.1 Å². The highest BCUT2D eigenvalue weighted by molar-refractivity contribution is 7.17. The lowest BCUT2D eigenvalue weighted by Gasteiger charge is -2.04. The van der Waals surface area contributed by atoms with Crippen molar-refractivity contribution in [1.29, 1.82) is 0 Å². The van der Waals surface area contributed by atoms with Crippen molar-refractivity contribution in [2.45, 2.75) is 20.5 Å². The number of ether oxygens (including phenoxy) is 2. The fourth-order valence-corrected chi connectivity index (χ4v) is 3.94. The number of esters is 1. The summed E-state index contributed by atoms with van der Waals surface area (Å²) in [6.45, 7) is 4.16. The van der Waals surface area contributed by atoms with Crippen LogP contribution in [0.3, 0.4) is 0 Å². The van der Waals surface area contributed by atoms with E-state index in [2.05, 4.69) is 15.0 Å². The molecule has 0 bridgehead atoms. The van der Waals surface area contributed by atoms with Gasteiger partial charge in [-0.2, -0.15) is 0 Å². The predicted molar refractivity (Wildman–Crippen MR) is 115 cm³/mol. The molecule has 0 spiro atoms. The molecule has 7 nitrogen and oxygen atoms in total. The van der Waals surface area contributed by atoms with Crippen LogP contribution in [0.2, 0.25) is 0 Å². The summed E-state index contributed by atoms with van der Waals surface area (Å²) in [6, 6.07) is 14.6. The van der Waals surface area contributed by atoms with Gasteiger partial charge in [-0.1, -0.05) is 12.1 Å². The van der Waals surface area contributed by atoms with E-state index >= 15 is 0 Å². The number of carbonyl (C=O) groups is 1. The molecular formula is C22H19N3O4S. The standard InChI is InChI=1S/C22H19N3O4S/c1-3-28-15-10-8-14(9-11-15)21-23-13(2)19(30-21)22(27)29-12-18-24-17-7-5-4-6-16(17)20(26)25-18/h4-11H,3,12H2,1-2H3,(H,24,25,26). The number of thiazole rings is 1. The summed E-state index contributed by atoms with van der Waals surface area (Å²) in [7, 11) is 0. The second-order valence-corrected chi connectivity index (χ2v) is 7.50. The van der Waals surface area contributed by atoms with E-state index in [1.165, 1.54) is 11.3 Å². The number of hydrogen-bond acceptors (Lipinski definition) is 7. The summed E-state index contributed by atoms with van der Waals surface area (Å²) >= 11 is 1.26. The Labute approximate surface area is 176 Å². The number of H-pyrrole nitrogens is 1. The Balaban J connectivity index is 1.49. The van der Waals surface area contributed by atoms with Crippen LogP contribution in [0.15, 0.2) is 53.3 Å². The van der Waals surface area contributed by atoms with E-state index in [4.69, 9.17) is 9.47 Å². The number of fused-ring (bicyclic) bond motifs is 1. The van der Waals surface area contributed by atoms with Crippen molar-refractivity contribution in [2.24, 2.45) is 0 Å². The van der Waals surface area contributed by atoms with Crippen LogP contribution >= 0.6 is 11.3 Å². The zero-order valence-corrected chi connectivity index (χ0v) is 17.3. The number of hydrogen-bond donors (Lipinski definition) is 1. The molecule has 0 aliphatic heterocycles. The van der Waals surface area contributed by atoms with Crippen molar-refractivity contribution in [2.75, 3.05) is 6.61 Å². The maximum absolute atomic E-state index is 12.6. The van der Waals surface area contributed by atoms with Crippen molar-refractivity contribution in [3.63, 3.8) is 0 Å². The summed E-state index contributed by atoms with van der Waals surface area (Å²) < 4.78 is 10.8. The highest BCUT2D eigenvalue weighted by Crippen LogP contribution is 2.29. The van der Waals surface area contributed by atoms with Crippen LogP contribution in [-0.2, 0) is 11.3 Å². The summed E-state index contributed by atoms with van der Waals surface area (Å²) in [5.41, 5.74) is 1.78. The van der Waals surface area contributed by atoms with Crippen LogP contribution in [-0.4, -0.2) is 27.5 Å². The molecule has 1 N–H and O–H groups in total. The van der Waals surface area contributed by atoms with Crippen LogP contribution in [0.25, 0.3) is 21.5 Å². The van der Waals surface area contributed by atoms with Crippen molar-refractivity contribution < 1.29 is 14.3 Å². The second kappa shape index (κ2) is 8.46. The average molecular weight is 421 g/mol. The number of aromatic nitrogens is 3. The first kappa shape index (κ1) is 19.8. The quantitative estimate of drug-likeness (QED) is 0.471. The molecule has 0 aliphatic rings. The Morgan fingerprint density at radius 2 is 1.87 bits per heavy atom. The van der Waals surface area contributed by atoms with Crippen molar-refractivity contribution in [3.05, 3.63) is 75.3 Å². The molecule has 0 radical (unpaired) electrons. The smallest absolute Gasteiger partial charge is 0.350 e. The van der Waals surface area contributed by atoms with Gasteiger partial charge in [0, 0.05) is 5.56 Å². The van der Waals surface area contributed by atoms with Crippen molar-refractivity contribution in [1.82, 2.24) is 15.0 Å². The first-order valence-electron chi connectivity index (χ1n) is 9.41. The minimum atomic E-state index is -0.502. The van der Waals surface area contributed by atoms with Crippen LogP contribution < -0.4 is 10.3 Å². The molecule has 2 aromatic heterocycles. The van der Waals surface area contributed by atoms with Crippen molar-refractivity contribution in [3.8, 4) is 16.3 Å². The normalized spacial score (nSPS) is 10.9. The number of rotatable bonds is 6. The van der Waals surface area contributed by atoms with Crippen LogP contribution in [0, 0.1) is 6.92 Å². The molecule has 2 heterocycles. The lowest BCUT2D eigenvalue weighted by Crippen LogP contribution is -2.14.